The van der Waals surface area contributed by atoms with Crippen LogP contribution in [-0.2, 0) is 10.0 Å². The lowest BCUT2D eigenvalue weighted by Crippen LogP contribution is -2.50. The summed E-state index contributed by atoms with van der Waals surface area (Å²) in [6.07, 6.45) is 4.51. The molecule has 6 heteroatoms. The number of nitrogens with zero attached hydrogens (tertiary/aromatic N) is 2. The van der Waals surface area contributed by atoms with E-state index in [4.69, 9.17) is 0 Å². The number of hydrogen-bond donors (Lipinski definition) is 1. The number of hydrogen-bond acceptors (Lipinski definition) is 3. The second-order valence-corrected chi connectivity index (χ2v) is 7.32. The molecule has 0 bridgehead atoms. The van der Waals surface area contributed by atoms with Crippen LogP contribution >= 0.6 is 0 Å². The molecule has 1 aliphatic rings. The zero-order valence-corrected chi connectivity index (χ0v) is 12.2. The molecule has 2 rings (SSSR count). The number of rotatable bonds is 4. The minimum absolute atomic E-state index is 0.159. The second kappa shape index (κ2) is 4.35. The van der Waals surface area contributed by atoms with E-state index in [9.17, 15) is 8.42 Å². The number of sulfonamides is 1. The van der Waals surface area contributed by atoms with Crippen LogP contribution in [0.2, 0.25) is 0 Å². The van der Waals surface area contributed by atoms with Crippen LogP contribution in [0, 0.1) is 6.92 Å². The molecule has 0 unspecified atom stereocenters. The maximum absolute atomic E-state index is 12.3. The van der Waals surface area contributed by atoms with Crippen molar-refractivity contribution in [3.8, 4) is 0 Å². The van der Waals surface area contributed by atoms with Gasteiger partial charge in [-0.05, 0) is 47.0 Å². The van der Waals surface area contributed by atoms with E-state index in [1.54, 1.807) is 17.8 Å². The van der Waals surface area contributed by atoms with E-state index < -0.39 is 10.0 Å². The highest BCUT2D eigenvalue weighted by Gasteiger charge is 2.37. The zero-order valence-electron chi connectivity index (χ0n) is 11.4. The van der Waals surface area contributed by atoms with Crippen molar-refractivity contribution in [3.05, 3.63) is 11.9 Å². The first-order valence-electron chi connectivity index (χ1n) is 6.33. The zero-order chi connectivity index (χ0) is 13.6. The molecule has 1 N–H and O–H groups in total. The lowest BCUT2D eigenvalue weighted by atomic mass is 9.80. The van der Waals surface area contributed by atoms with E-state index in [1.807, 2.05) is 20.8 Å². The van der Waals surface area contributed by atoms with E-state index in [0.29, 0.717) is 10.6 Å². The van der Waals surface area contributed by atoms with Crippen molar-refractivity contribution < 1.29 is 8.42 Å². The van der Waals surface area contributed by atoms with Crippen LogP contribution in [0.4, 0.5) is 0 Å². The van der Waals surface area contributed by atoms with Gasteiger partial charge in [-0.2, -0.15) is 5.10 Å². The van der Waals surface area contributed by atoms with Gasteiger partial charge in [0.1, 0.15) is 4.90 Å². The Hall–Kier alpha value is -0.880. The molecule has 18 heavy (non-hydrogen) atoms. The van der Waals surface area contributed by atoms with E-state index in [0.717, 1.165) is 19.3 Å². The molecule has 0 atom stereocenters. The van der Waals surface area contributed by atoms with Crippen LogP contribution < -0.4 is 4.72 Å². The third kappa shape index (κ3) is 2.44. The van der Waals surface area contributed by atoms with Crippen molar-refractivity contribution in [2.75, 3.05) is 0 Å². The molecule has 0 radical (unpaired) electrons. The monoisotopic (exact) mass is 271 g/mol. The summed E-state index contributed by atoms with van der Waals surface area (Å²) in [4.78, 5) is 0.296. The molecule has 0 aliphatic heterocycles. The molecule has 102 valence electrons. The van der Waals surface area contributed by atoms with Gasteiger partial charge in [-0.25, -0.2) is 13.1 Å². The number of nitrogens with one attached hydrogen (secondary N) is 1. The van der Waals surface area contributed by atoms with Gasteiger partial charge < -0.3 is 0 Å². The Kier molecular flexibility index (Phi) is 3.27. The van der Waals surface area contributed by atoms with Crippen LogP contribution in [-0.4, -0.2) is 23.7 Å². The van der Waals surface area contributed by atoms with Crippen LogP contribution in [0.1, 0.15) is 51.8 Å². The summed E-state index contributed by atoms with van der Waals surface area (Å²) in [5.74, 6) is 0. The molecule has 0 aromatic carbocycles. The average molecular weight is 271 g/mol. The third-order valence-corrected chi connectivity index (χ3v) is 5.27. The lowest BCUT2D eigenvalue weighted by Gasteiger charge is -2.38. The minimum atomic E-state index is -3.46. The van der Waals surface area contributed by atoms with Gasteiger partial charge in [0.15, 0.2) is 0 Å². The molecule has 1 saturated carbocycles. The van der Waals surface area contributed by atoms with Gasteiger partial charge in [0.2, 0.25) is 10.0 Å². The summed E-state index contributed by atoms with van der Waals surface area (Å²) >= 11 is 0. The summed E-state index contributed by atoms with van der Waals surface area (Å²) in [5.41, 5.74) is 0.282. The Labute approximate surface area is 109 Å². The summed E-state index contributed by atoms with van der Waals surface area (Å²) in [6, 6.07) is 0.159. The van der Waals surface area contributed by atoms with Gasteiger partial charge in [0.05, 0.1) is 5.69 Å². The van der Waals surface area contributed by atoms with Crippen molar-refractivity contribution in [2.45, 2.75) is 63.4 Å². The molecule has 1 heterocycles. The smallest absolute Gasteiger partial charge is 0.244 e. The number of aryl methyl sites for hydroxylation is 1. The van der Waals surface area contributed by atoms with E-state index >= 15 is 0 Å². The largest absolute Gasteiger partial charge is 0.269 e. The van der Waals surface area contributed by atoms with E-state index in [1.165, 1.54) is 0 Å². The summed E-state index contributed by atoms with van der Waals surface area (Å²) in [5, 5.41) is 4.25. The first kappa shape index (κ1) is 13.5. The van der Waals surface area contributed by atoms with Gasteiger partial charge >= 0.3 is 0 Å². The Morgan fingerprint density at radius 1 is 1.44 bits per heavy atom. The van der Waals surface area contributed by atoms with Gasteiger partial charge in [-0.15, -0.1) is 0 Å². The molecule has 5 nitrogen and oxygen atoms in total. The lowest BCUT2D eigenvalue weighted by molar-refractivity contribution is 0.248. The van der Waals surface area contributed by atoms with Crippen LogP contribution in [0.3, 0.4) is 0 Å². The minimum Gasteiger partial charge on any atom is -0.269 e. The summed E-state index contributed by atoms with van der Waals surface area (Å²) < 4.78 is 29.2. The molecular formula is C12H21N3O2S. The molecule has 1 aromatic heterocycles. The standard InChI is InChI=1S/C12H21N3O2S/c1-9(2)15-8-11(10(3)13-15)18(16,17)14-12(4)6-5-7-12/h8-9,14H,5-7H2,1-4H3. The molecule has 0 spiro atoms. The summed E-state index contributed by atoms with van der Waals surface area (Å²) in [7, 11) is -3.46. The molecule has 1 fully saturated rings. The van der Waals surface area contributed by atoms with E-state index in [-0.39, 0.29) is 11.6 Å². The first-order chi connectivity index (χ1) is 8.23. The average Bonchev–Trinajstić information content (AvgIpc) is 2.58. The van der Waals surface area contributed by atoms with Crippen molar-refractivity contribution in [1.82, 2.24) is 14.5 Å². The molecule has 0 amide bonds. The highest BCUT2D eigenvalue weighted by atomic mass is 32.2. The molecular weight excluding hydrogens is 250 g/mol. The number of aromatic nitrogens is 2. The second-order valence-electron chi connectivity index (χ2n) is 5.67. The molecule has 1 aromatic rings. The fraction of sp³-hybridized carbons (Fsp3) is 0.750. The summed E-state index contributed by atoms with van der Waals surface area (Å²) in [6.45, 7) is 7.64. The SMILES string of the molecule is Cc1nn(C(C)C)cc1S(=O)(=O)NC1(C)CCC1. The topological polar surface area (TPSA) is 64.0 Å². The van der Waals surface area contributed by atoms with Crippen LogP contribution in [0.5, 0.6) is 0 Å². The van der Waals surface area contributed by atoms with Gasteiger partial charge in [0.25, 0.3) is 0 Å². The Morgan fingerprint density at radius 2 is 2.06 bits per heavy atom. The Morgan fingerprint density at radius 3 is 2.44 bits per heavy atom. The maximum Gasteiger partial charge on any atom is 0.244 e. The van der Waals surface area contributed by atoms with Gasteiger partial charge in [-0.1, -0.05) is 0 Å². The van der Waals surface area contributed by atoms with Crippen molar-refractivity contribution in [1.29, 1.82) is 0 Å². The molecule has 1 aliphatic carbocycles. The molecule has 0 saturated heterocycles. The van der Waals surface area contributed by atoms with Crippen LogP contribution in [0.25, 0.3) is 0 Å². The normalized spacial score (nSPS) is 18.9. The van der Waals surface area contributed by atoms with E-state index in [2.05, 4.69) is 9.82 Å². The van der Waals surface area contributed by atoms with Gasteiger partial charge in [0, 0.05) is 17.8 Å². The fourth-order valence-corrected chi connectivity index (χ4v) is 3.82. The quantitative estimate of drug-likeness (QED) is 0.911. The van der Waals surface area contributed by atoms with Crippen molar-refractivity contribution in [2.24, 2.45) is 0 Å². The predicted molar refractivity (Wildman–Crippen MR) is 69.9 cm³/mol. The highest BCUT2D eigenvalue weighted by Crippen LogP contribution is 2.33. The van der Waals surface area contributed by atoms with Gasteiger partial charge in [-0.3, -0.25) is 4.68 Å². The third-order valence-electron chi connectivity index (χ3n) is 3.53. The van der Waals surface area contributed by atoms with Crippen molar-refractivity contribution in [3.63, 3.8) is 0 Å². The fourth-order valence-electron chi connectivity index (χ4n) is 2.18. The predicted octanol–water partition coefficient (Wildman–Crippen LogP) is 1.99. The highest BCUT2D eigenvalue weighted by molar-refractivity contribution is 7.89. The first-order valence-corrected chi connectivity index (χ1v) is 7.82. The Bertz CT molecular complexity index is 542. The Balaban J connectivity index is 2.29. The maximum atomic E-state index is 12.3. The van der Waals surface area contributed by atoms with Crippen molar-refractivity contribution >= 4 is 10.0 Å². The van der Waals surface area contributed by atoms with Crippen LogP contribution in [0.15, 0.2) is 11.1 Å².